The molecule has 0 bridgehead atoms. The zero-order chi connectivity index (χ0) is 11.3. The van der Waals surface area contributed by atoms with E-state index in [1.807, 2.05) is 0 Å². The van der Waals surface area contributed by atoms with E-state index in [0.717, 1.165) is 5.56 Å². The highest BCUT2D eigenvalue weighted by molar-refractivity contribution is 5.72. The normalized spacial score (nSPS) is 9.00. The molecule has 0 amide bonds. The zero-order valence-corrected chi connectivity index (χ0v) is 8.50. The van der Waals surface area contributed by atoms with Crippen LogP contribution in [0.15, 0.2) is 12.3 Å². The number of esters is 1. The maximum atomic E-state index is 12.7. The second-order valence-electron chi connectivity index (χ2n) is 2.88. The Hall–Kier alpha value is -1.89. The van der Waals surface area contributed by atoms with Gasteiger partial charge < -0.3 is 4.74 Å². The Bertz CT molecular complexity index is 432. The lowest BCUT2D eigenvalue weighted by atomic mass is 10.1. The van der Waals surface area contributed by atoms with E-state index in [2.05, 4.69) is 21.6 Å². The van der Waals surface area contributed by atoms with Gasteiger partial charge in [0.05, 0.1) is 7.11 Å². The molecule has 0 aromatic carbocycles. The highest BCUT2D eigenvalue weighted by Gasteiger charge is 1.98. The highest BCUT2D eigenvalue weighted by Crippen LogP contribution is 2.05. The van der Waals surface area contributed by atoms with E-state index in [0.29, 0.717) is 5.56 Å². The minimum Gasteiger partial charge on any atom is -0.468 e. The summed E-state index contributed by atoms with van der Waals surface area (Å²) in [6.07, 6.45) is 1.40. The average molecular weight is 207 g/mol. The standard InChI is InChI=1S/C11H10FNO2/c1-8-7-13-10(12)6-9(8)4-3-5-11(14)15-2/h6-7H,5H2,1-2H3. The van der Waals surface area contributed by atoms with E-state index < -0.39 is 11.9 Å². The van der Waals surface area contributed by atoms with Crippen LogP contribution in [0.2, 0.25) is 0 Å². The fourth-order valence-electron chi connectivity index (χ4n) is 0.917. The highest BCUT2D eigenvalue weighted by atomic mass is 19.1. The van der Waals surface area contributed by atoms with Gasteiger partial charge in [0.25, 0.3) is 0 Å². The van der Waals surface area contributed by atoms with Gasteiger partial charge in [-0.3, -0.25) is 4.79 Å². The Balaban J connectivity index is 2.79. The molecule has 1 rings (SSSR count). The topological polar surface area (TPSA) is 39.2 Å². The number of carbonyl (C=O) groups is 1. The van der Waals surface area contributed by atoms with Gasteiger partial charge >= 0.3 is 5.97 Å². The van der Waals surface area contributed by atoms with Crippen molar-refractivity contribution < 1.29 is 13.9 Å². The van der Waals surface area contributed by atoms with Gasteiger partial charge in [-0.05, 0) is 12.5 Å². The number of nitrogens with zero attached hydrogens (tertiary/aromatic N) is 1. The van der Waals surface area contributed by atoms with Crippen molar-refractivity contribution in [3.05, 3.63) is 29.3 Å². The van der Waals surface area contributed by atoms with E-state index in [1.54, 1.807) is 6.92 Å². The van der Waals surface area contributed by atoms with Crippen LogP contribution in [0.1, 0.15) is 17.5 Å². The summed E-state index contributed by atoms with van der Waals surface area (Å²) in [5, 5.41) is 0. The third kappa shape index (κ3) is 3.39. The van der Waals surface area contributed by atoms with Gasteiger partial charge in [-0.2, -0.15) is 4.39 Å². The van der Waals surface area contributed by atoms with Gasteiger partial charge in [0.1, 0.15) is 6.42 Å². The number of pyridine rings is 1. The van der Waals surface area contributed by atoms with Crippen LogP contribution < -0.4 is 0 Å². The van der Waals surface area contributed by atoms with Gasteiger partial charge in [-0.15, -0.1) is 0 Å². The Kier molecular flexibility index (Phi) is 3.81. The number of methoxy groups -OCH3 is 1. The van der Waals surface area contributed by atoms with Gasteiger partial charge in [-0.1, -0.05) is 11.8 Å². The fourth-order valence-corrected chi connectivity index (χ4v) is 0.917. The molecule has 78 valence electrons. The van der Waals surface area contributed by atoms with Crippen LogP contribution in [-0.2, 0) is 9.53 Å². The largest absolute Gasteiger partial charge is 0.468 e. The molecule has 15 heavy (non-hydrogen) atoms. The lowest BCUT2D eigenvalue weighted by molar-refractivity contribution is -0.139. The lowest BCUT2D eigenvalue weighted by Gasteiger charge is -1.96. The molecule has 0 N–H and O–H groups in total. The molecule has 0 atom stereocenters. The summed E-state index contributed by atoms with van der Waals surface area (Å²) in [5.41, 5.74) is 1.31. The number of hydrogen-bond acceptors (Lipinski definition) is 3. The molecule has 0 radical (unpaired) electrons. The van der Waals surface area contributed by atoms with Crippen molar-refractivity contribution in [3.8, 4) is 11.8 Å². The summed E-state index contributed by atoms with van der Waals surface area (Å²) < 4.78 is 17.1. The molecule has 0 saturated heterocycles. The van der Waals surface area contributed by atoms with Crippen LogP contribution in [0.5, 0.6) is 0 Å². The predicted molar refractivity (Wildman–Crippen MR) is 52.4 cm³/mol. The molecule has 4 heteroatoms. The van der Waals surface area contributed by atoms with E-state index in [1.165, 1.54) is 19.4 Å². The summed E-state index contributed by atoms with van der Waals surface area (Å²) in [4.78, 5) is 14.2. The molecule has 3 nitrogen and oxygen atoms in total. The molecule has 0 spiro atoms. The first-order valence-corrected chi connectivity index (χ1v) is 4.31. The SMILES string of the molecule is COC(=O)CC#Cc1cc(F)ncc1C. The van der Waals surface area contributed by atoms with E-state index in [9.17, 15) is 9.18 Å². The van der Waals surface area contributed by atoms with Gasteiger partial charge in [-0.25, -0.2) is 4.98 Å². The maximum Gasteiger partial charge on any atom is 0.317 e. The number of carbonyl (C=O) groups excluding carboxylic acids is 1. The number of aromatic nitrogens is 1. The quantitative estimate of drug-likeness (QED) is 0.397. The molecule has 0 saturated carbocycles. The van der Waals surface area contributed by atoms with E-state index >= 15 is 0 Å². The van der Waals surface area contributed by atoms with Gasteiger partial charge in [0.15, 0.2) is 0 Å². The van der Waals surface area contributed by atoms with Crippen LogP contribution in [0.3, 0.4) is 0 Å². The monoisotopic (exact) mass is 207 g/mol. The van der Waals surface area contributed by atoms with Crippen LogP contribution in [-0.4, -0.2) is 18.1 Å². The second kappa shape index (κ2) is 5.11. The Morgan fingerprint density at radius 1 is 1.67 bits per heavy atom. The molecule has 0 aliphatic carbocycles. The first-order chi connectivity index (χ1) is 7.13. The van der Waals surface area contributed by atoms with Crippen molar-refractivity contribution in [3.63, 3.8) is 0 Å². The van der Waals surface area contributed by atoms with Crippen molar-refractivity contribution in [2.45, 2.75) is 13.3 Å². The predicted octanol–water partition coefficient (Wildman–Crippen LogP) is 1.44. The number of halogens is 1. The van der Waals surface area contributed by atoms with Crippen molar-refractivity contribution in [1.29, 1.82) is 0 Å². The summed E-state index contributed by atoms with van der Waals surface area (Å²) >= 11 is 0. The number of rotatable bonds is 1. The first-order valence-electron chi connectivity index (χ1n) is 4.31. The van der Waals surface area contributed by atoms with Crippen molar-refractivity contribution in [2.24, 2.45) is 0 Å². The summed E-state index contributed by atoms with van der Waals surface area (Å²) in [6.45, 7) is 1.77. The molecular formula is C11H10FNO2. The van der Waals surface area contributed by atoms with Gasteiger partial charge in [0, 0.05) is 17.8 Å². The van der Waals surface area contributed by atoms with Gasteiger partial charge in [0.2, 0.25) is 5.95 Å². The number of ether oxygens (including phenoxy) is 1. The first kappa shape index (κ1) is 11.2. The molecule has 0 aliphatic heterocycles. The Morgan fingerprint density at radius 2 is 2.40 bits per heavy atom. The zero-order valence-electron chi connectivity index (χ0n) is 8.50. The summed E-state index contributed by atoms with van der Waals surface area (Å²) in [6, 6.07) is 1.24. The molecule has 0 unspecified atom stereocenters. The van der Waals surface area contributed by atoms with Crippen molar-refractivity contribution in [2.75, 3.05) is 7.11 Å². The fraction of sp³-hybridized carbons (Fsp3) is 0.273. The molecule has 0 fully saturated rings. The molecule has 1 aromatic heterocycles. The summed E-state index contributed by atoms with van der Waals surface area (Å²) in [7, 11) is 1.29. The number of hydrogen-bond donors (Lipinski definition) is 0. The van der Waals surface area contributed by atoms with E-state index in [4.69, 9.17) is 0 Å². The smallest absolute Gasteiger partial charge is 0.317 e. The molecule has 1 heterocycles. The molecule has 0 aliphatic rings. The minimum absolute atomic E-state index is 0.000117. The van der Waals surface area contributed by atoms with Crippen molar-refractivity contribution >= 4 is 5.97 Å². The van der Waals surface area contributed by atoms with Crippen molar-refractivity contribution in [1.82, 2.24) is 4.98 Å². The third-order valence-electron chi connectivity index (χ3n) is 1.75. The maximum absolute atomic E-state index is 12.7. The van der Waals surface area contributed by atoms with Crippen LogP contribution in [0.25, 0.3) is 0 Å². The Morgan fingerprint density at radius 3 is 3.07 bits per heavy atom. The third-order valence-corrected chi connectivity index (χ3v) is 1.75. The molecule has 1 aromatic rings. The second-order valence-corrected chi connectivity index (χ2v) is 2.88. The Labute approximate surface area is 87.3 Å². The lowest BCUT2D eigenvalue weighted by Crippen LogP contribution is -1.97. The van der Waals surface area contributed by atoms with Crippen LogP contribution in [0.4, 0.5) is 4.39 Å². The minimum atomic E-state index is -0.581. The summed E-state index contributed by atoms with van der Waals surface area (Å²) in [5.74, 6) is 4.30. The molecular weight excluding hydrogens is 197 g/mol. The van der Waals surface area contributed by atoms with Crippen LogP contribution >= 0.6 is 0 Å². The van der Waals surface area contributed by atoms with E-state index in [-0.39, 0.29) is 6.42 Å². The van der Waals surface area contributed by atoms with Crippen LogP contribution in [0, 0.1) is 24.7 Å². The number of aryl methyl sites for hydroxylation is 1. The average Bonchev–Trinajstić information content (AvgIpc) is 2.23.